The van der Waals surface area contributed by atoms with Crippen LogP contribution in [0.2, 0.25) is 0 Å². The van der Waals surface area contributed by atoms with Crippen LogP contribution < -0.4 is 5.48 Å². The zero-order valence-corrected chi connectivity index (χ0v) is 6.96. The van der Waals surface area contributed by atoms with Crippen LogP contribution in [0.1, 0.15) is 23.2 Å². The van der Waals surface area contributed by atoms with Gasteiger partial charge in [-0.05, 0) is 13.8 Å². The molecule has 1 amide bonds. The molecule has 0 aliphatic carbocycles. The Morgan fingerprint density at radius 1 is 1.83 bits per heavy atom. The molecule has 1 aromatic heterocycles. The number of hydrogen-bond acceptors (Lipinski definition) is 4. The van der Waals surface area contributed by atoms with Crippen molar-refractivity contribution in [3.8, 4) is 0 Å². The first-order chi connectivity index (χ1) is 5.74. The lowest BCUT2D eigenvalue weighted by atomic mass is 10.4. The molecule has 1 aromatic rings. The standard InChI is InChI=1S/C7H10N2O3/c1-3-11-9-7(10)6-4-5(2)12-8-6/h4H,3H2,1-2H3,(H,9,10). The van der Waals surface area contributed by atoms with Crippen molar-refractivity contribution in [3.05, 3.63) is 17.5 Å². The topological polar surface area (TPSA) is 64.4 Å². The van der Waals surface area contributed by atoms with Crippen molar-refractivity contribution in [2.24, 2.45) is 0 Å². The summed E-state index contributed by atoms with van der Waals surface area (Å²) in [6.45, 7) is 3.90. The fraction of sp³-hybridized carbons (Fsp3) is 0.429. The maximum absolute atomic E-state index is 11.1. The van der Waals surface area contributed by atoms with E-state index in [2.05, 4.69) is 15.5 Å². The Bertz CT molecular complexity index is 269. The summed E-state index contributed by atoms with van der Waals surface area (Å²) >= 11 is 0. The molecule has 0 aromatic carbocycles. The first-order valence-electron chi connectivity index (χ1n) is 3.59. The zero-order chi connectivity index (χ0) is 8.97. The number of aromatic nitrogens is 1. The second-order valence-electron chi connectivity index (χ2n) is 2.19. The molecular formula is C7H10N2O3. The molecule has 0 atom stereocenters. The van der Waals surface area contributed by atoms with Gasteiger partial charge in [-0.25, -0.2) is 5.48 Å². The fourth-order valence-corrected chi connectivity index (χ4v) is 0.663. The van der Waals surface area contributed by atoms with Crippen molar-refractivity contribution in [2.75, 3.05) is 6.61 Å². The Labute approximate surface area is 69.6 Å². The van der Waals surface area contributed by atoms with Crippen molar-refractivity contribution < 1.29 is 14.2 Å². The molecule has 12 heavy (non-hydrogen) atoms. The van der Waals surface area contributed by atoms with Crippen molar-refractivity contribution in [3.63, 3.8) is 0 Å². The van der Waals surface area contributed by atoms with Gasteiger partial charge < -0.3 is 4.52 Å². The molecular weight excluding hydrogens is 160 g/mol. The van der Waals surface area contributed by atoms with Crippen LogP contribution in [0.15, 0.2) is 10.6 Å². The van der Waals surface area contributed by atoms with Gasteiger partial charge in [-0.1, -0.05) is 5.16 Å². The number of rotatable bonds is 3. The van der Waals surface area contributed by atoms with Crippen LogP contribution in [-0.2, 0) is 4.84 Å². The highest BCUT2D eigenvalue weighted by atomic mass is 16.6. The second kappa shape index (κ2) is 3.87. The highest BCUT2D eigenvalue weighted by Gasteiger charge is 2.09. The summed E-state index contributed by atoms with van der Waals surface area (Å²) < 4.78 is 4.70. The quantitative estimate of drug-likeness (QED) is 0.677. The molecule has 1 N–H and O–H groups in total. The van der Waals surface area contributed by atoms with E-state index < -0.39 is 5.91 Å². The zero-order valence-electron chi connectivity index (χ0n) is 6.96. The molecule has 5 heteroatoms. The third kappa shape index (κ3) is 2.06. The van der Waals surface area contributed by atoms with E-state index in [-0.39, 0.29) is 5.69 Å². The summed E-state index contributed by atoms with van der Waals surface area (Å²) in [7, 11) is 0. The third-order valence-electron chi connectivity index (χ3n) is 1.17. The molecule has 0 aliphatic heterocycles. The number of hydroxylamine groups is 1. The van der Waals surface area contributed by atoms with Gasteiger partial charge >= 0.3 is 0 Å². The number of nitrogens with zero attached hydrogens (tertiary/aromatic N) is 1. The average Bonchev–Trinajstić information content (AvgIpc) is 2.47. The molecule has 0 saturated heterocycles. The molecule has 1 heterocycles. The molecule has 0 spiro atoms. The van der Waals surface area contributed by atoms with Crippen LogP contribution >= 0.6 is 0 Å². The molecule has 66 valence electrons. The van der Waals surface area contributed by atoms with E-state index in [1.54, 1.807) is 13.8 Å². The Hall–Kier alpha value is -1.36. The van der Waals surface area contributed by atoms with Crippen molar-refractivity contribution >= 4 is 5.91 Å². The van der Waals surface area contributed by atoms with Gasteiger partial charge in [-0.15, -0.1) is 0 Å². The predicted octanol–water partition coefficient (Wildman–Crippen LogP) is 0.664. The van der Waals surface area contributed by atoms with Crippen molar-refractivity contribution in [2.45, 2.75) is 13.8 Å². The van der Waals surface area contributed by atoms with E-state index >= 15 is 0 Å². The van der Waals surface area contributed by atoms with Gasteiger partial charge in [0.05, 0.1) is 6.61 Å². The summed E-state index contributed by atoms with van der Waals surface area (Å²) in [5.41, 5.74) is 2.42. The number of aryl methyl sites for hydroxylation is 1. The van der Waals surface area contributed by atoms with Gasteiger partial charge in [0, 0.05) is 6.07 Å². The van der Waals surface area contributed by atoms with Crippen LogP contribution in [-0.4, -0.2) is 17.7 Å². The van der Waals surface area contributed by atoms with E-state index in [4.69, 9.17) is 4.52 Å². The Balaban J connectivity index is 2.53. The summed E-state index contributed by atoms with van der Waals surface area (Å²) in [4.78, 5) is 15.7. The number of amides is 1. The predicted molar refractivity (Wildman–Crippen MR) is 40.3 cm³/mol. The van der Waals surface area contributed by atoms with Crippen molar-refractivity contribution in [1.82, 2.24) is 10.6 Å². The highest BCUT2D eigenvalue weighted by molar-refractivity contribution is 5.91. The lowest BCUT2D eigenvalue weighted by Gasteiger charge is -1.98. The highest BCUT2D eigenvalue weighted by Crippen LogP contribution is 2.00. The number of carbonyl (C=O) groups excluding carboxylic acids is 1. The van der Waals surface area contributed by atoms with E-state index in [1.165, 1.54) is 6.07 Å². The summed E-state index contributed by atoms with van der Waals surface area (Å²) in [6.07, 6.45) is 0. The third-order valence-corrected chi connectivity index (χ3v) is 1.17. The Kier molecular flexibility index (Phi) is 2.82. The smallest absolute Gasteiger partial charge is 0.297 e. The summed E-state index contributed by atoms with van der Waals surface area (Å²) in [6, 6.07) is 1.54. The van der Waals surface area contributed by atoms with Crippen LogP contribution in [0.25, 0.3) is 0 Å². The Morgan fingerprint density at radius 3 is 3.08 bits per heavy atom. The van der Waals surface area contributed by atoms with Gasteiger partial charge in [0.15, 0.2) is 5.69 Å². The van der Waals surface area contributed by atoms with Gasteiger partial charge in [0.1, 0.15) is 5.76 Å². The molecule has 0 aliphatic rings. The largest absolute Gasteiger partial charge is 0.361 e. The van der Waals surface area contributed by atoms with Crippen LogP contribution in [0.3, 0.4) is 0 Å². The van der Waals surface area contributed by atoms with Crippen LogP contribution in [0, 0.1) is 6.92 Å². The van der Waals surface area contributed by atoms with E-state index in [0.29, 0.717) is 12.4 Å². The van der Waals surface area contributed by atoms with Gasteiger partial charge in [0.25, 0.3) is 5.91 Å². The number of nitrogens with one attached hydrogen (secondary N) is 1. The molecule has 5 nitrogen and oxygen atoms in total. The minimum Gasteiger partial charge on any atom is -0.361 e. The van der Waals surface area contributed by atoms with Crippen molar-refractivity contribution in [1.29, 1.82) is 0 Å². The SMILES string of the molecule is CCONC(=O)c1cc(C)on1. The van der Waals surface area contributed by atoms with Gasteiger partial charge in [-0.3, -0.25) is 9.63 Å². The minimum absolute atomic E-state index is 0.223. The molecule has 0 saturated carbocycles. The molecule has 1 rings (SSSR count). The average molecular weight is 170 g/mol. The maximum Gasteiger partial charge on any atom is 0.297 e. The van der Waals surface area contributed by atoms with Crippen LogP contribution in [0.4, 0.5) is 0 Å². The van der Waals surface area contributed by atoms with Gasteiger partial charge in [-0.2, -0.15) is 0 Å². The lowest BCUT2D eigenvalue weighted by molar-refractivity contribution is 0.0356. The normalized spacial score (nSPS) is 9.83. The second-order valence-corrected chi connectivity index (χ2v) is 2.19. The monoisotopic (exact) mass is 170 g/mol. The molecule has 0 fully saturated rings. The van der Waals surface area contributed by atoms with Gasteiger partial charge in [0.2, 0.25) is 0 Å². The first kappa shape index (κ1) is 8.73. The molecule has 0 unspecified atom stereocenters. The van der Waals surface area contributed by atoms with Crippen LogP contribution in [0.5, 0.6) is 0 Å². The Morgan fingerprint density at radius 2 is 2.58 bits per heavy atom. The van der Waals surface area contributed by atoms with E-state index in [1.807, 2.05) is 0 Å². The summed E-state index contributed by atoms with van der Waals surface area (Å²) in [5, 5.41) is 3.50. The maximum atomic E-state index is 11.1. The first-order valence-corrected chi connectivity index (χ1v) is 3.59. The summed E-state index contributed by atoms with van der Waals surface area (Å²) in [5.74, 6) is 0.199. The number of hydrogen-bond donors (Lipinski definition) is 1. The van der Waals surface area contributed by atoms with E-state index in [0.717, 1.165) is 0 Å². The number of carbonyl (C=O) groups is 1. The fourth-order valence-electron chi connectivity index (χ4n) is 0.663. The molecule has 0 bridgehead atoms. The lowest BCUT2D eigenvalue weighted by Crippen LogP contribution is -2.23. The van der Waals surface area contributed by atoms with E-state index in [9.17, 15) is 4.79 Å². The molecule has 0 radical (unpaired) electrons. The minimum atomic E-state index is -0.395.